The van der Waals surface area contributed by atoms with E-state index in [9.17, 15) is 4.79 Å². The fraction of sp³-hybridized carbons (Fsp3) is 0.176. The molecule has 0 bridgehead atoms. The van der Waals surface area contributed by atoms with Crippen LogP contribution in [0.4, 0.5) is 0 Å². The van der Waals surface area contributed by atoms with Gasteiger partial charge in [-0.15, -0.1) is 0 Å². The highest BCUT2D eigenvalue weighted by Gasteiger charge is 2.09. The Morgan fingerprint density at radius 1 is 1.09 bits per heavy atom. The normalized spacial score (nSPS) is 11.0. The number of nitrogens with one attached hydrogen (secondary N) is 1. The number of carbonyl (C=O) groups excluding carboxylic acids is 1. The van der Waals surface area contributed by atoms with E-state index in [1.54, 1.807) is 18.3 Å². The van der Waals surface area contributed by atoms with Crippen molar-refractivity contribution in [1.82, 2.24) is 5.43 Å². The zero-order valence-electron chi connectivity index (χ0n) is 12.6. The molecule has 2 rings (SSSR count). The Kier molecular flexibility index (Phi) is 5.22. The summed E-state index contributed by atoms with van der Waals surface area (Å²) in [4.78, 5) is 12.0. The molecule has 0 atom stereocenters. The fourth-order valence-electron chi connectivity index (χ4n) is 2.01. The Bertz CT molecular complexity index is 755. The number of hydrazone groups is 1. The van der Waals surface area contributed by atoms with Crippen LogP contribution in [-0.2, 0) is 0 Å². The van der Waals surface area contributed by atoms with Gasteiger partial charge in [0.05, 0.1) is 16.8 Å². The van der Waals surface area contributed by atoms with Crippen LogP contribution in [0, 0.1) is 20.8 Å². The predicted molar refractivity (Wildman–Crippen MR) is 92.2 cm³/mol. The summed E-state index contributed by atoms with van der Waals surface area (Å²) in [5.41, 5.74) is 7.36. The van der Waals surface area contributed by atoms with Gasteiger partial charge in [0.1, 0.15) is 0 Å². The fourth-order valence-corrected chi connectivity index (χ4v) is 2.51. The maximum atomic E-state index is 12.0. The summed E-state index contributed by atoms with van der Waals surface area (Å²) in [6.07, 6.45) is 1.63. The smallest absolute Gasteiger partial charge is 0.267 e. The quantitative estimate of drug-likeness (QED) is 0.642. The second-order valence-corrected chi connectivity index (χ2v) is 5.89. The van der Waals surface area contributed by atoms with Crippen molar-refractivity contribution in [3.8, 4) is 0 Å². The SMILES string of the molecule is Cc1ccc(/C=N\NC(=O)c2ccc(Cl)cc2Cl)c(C)c1C. The molecule has 0 aliphatic heterocycles. The molecular weight excluding hydrogens is 319 g/mol. The average Bonchev–Trinajstić information content (AvgIpc) is 2.47. The molecule has 0 aliphatic carbocycles. The zero-order valence-corrected chi connectivity index (χ0v) is 14.1. The molecule has 0 aliphatic rings. The van der Waals surface area contributed by atoms with Gasteiger partial charge in [-0.2, -0.15) is 5.10 Å². The number of aryl methyl sites for hydroxylation is 1. The van der Waals surface area contributed by atoms with Crippen molar-refractivity contribution in [1.29, 1.82) is 0 Å². The van der Waals surface area contributed by atoms with Gasteiger partial charge in [0.15, 0.2) is 0 Å². The minimum absolute atomic E-state index is 0.294. The maximum absolute atomic E-state index is 12.0. The van der Waals surface area contributed by atoms with Crippen LogP contribution in [0.5, 0.6) is 0 Å². The largest absolute Gasteiger partial charge is 0.272 e. The number of hydrogen-bond donors (Lipinski definition) is 1. The molecule has 1 N–H and O–H groups in total. The van der Waals surface area contributed by atoms with E-state index in [0.29, 0.717) is 15.6 Å². The van der Waals surface area contributed by atoms with Gasteiger partial charge in [-0.25, -0.2) is 5.43 Å². The second-order valence-electron chi connectivity index (χ2n) is 5.04. The lowest BCUT2D eigenvalue weighted by atomic mass is 10.00. The maximum Gasteiger partial charge on any atom is 0.272 e. The molecule has 0 heterocycles. The molecule has 114 valence electrons. The molecule has 0 spiro atoms. The van der Waals surface area contributed by atoms with Gasteiger partial charge in [0.25, 0.3) is 5.91 Å². The summed E-state index contributed by atoms with van der Waals surface area (Å²) in [7, 11) is 0. The third-order valence-corrected chi connectivity index (χ3v) is 4.19. The van der Waals surface area contributed by atoms with E-state index in [2.05, 4.69) is 24.4 Å². The minimum atomic E-state index is -0.376. The Morgan fingerprint density at radius 3 is 2.50 bits per heavy atom. The van der Waals surface area contributed by atoms with Crippen LogP contribution in [0.25, 0.3) is 0 Å². The van der Waals surface area contributed by atoms with E-state index in [4.69, 9.17) is 23.2 Å². The molecule has 3 nitrogen and oxygen atoms in total. The predicted octanol–water partition coefficient (Wildman–Crippen LogP) is 4.68. The Hall–Kier alpha value is -1.84. The van der Waals surface area contributed by atoms with Gasteiger partial charge < -0.3 is 0 Å². The molecule has 2 aromatic carbocycles. The van der Waals surface area contributed by atoms with Crippen LogP contribution in [0.15, 0.2) is 35.4 Å². The molecule has 0 aromatic heterocycles. The van der Waals surface area contributed by atoms with E-state index >= 15 is 0 Å². The number of nitrogens with zero attached hydrogens (tertiary/aromatic N) is 1. The molecule has 0 unspecified atom stereocenters. The summed E-state index contributed by atoms with van der Waals surface area (Å²) in [6.45, 7) is 6.16. The summed E-state index contributed by atoms with van der Waals surface area (Å²) in [5, 5.41) is 4.77. The summed E-state index contributed by atoms with van der Waals surface area (Å²) >= 11 is 11.8. The van der Waals surface area contributed by atoms with Crippen LogP contribution in [-0.4, -0.2) is 12.1 Å². The highest BCUT2D eigenvalue weighted by Crippen LogP contribution is 2.20. The lowest BCUT2D eigenvalue weighted by Crippen LogP contribution is -2.18. The van der Waals surface area contributed by atoms with Gasteiger partial charge in [-0.3, -0.25) is 4.79 Å². The molecule has 0 saturated carbocycles. The molecule has 2 aromatic rings. The average molecular weight is 335 g/mol. The number of benzene rings is 2. The Labute approximate surface area is 139 Å². The lowest BCUT2D eigenvalue weighted by Gasteiger charge is -2.07. The first-order valence-corrected chi connectivity index (χ1v) is 7.51. The van der Waals surface area contributed by atoms with E-state index in [1.165, 1.54) is 17.2 Å². The Balaban J connectivity index is 2.12. The minimum Gasteiger partial charge on any atom is -0.267 e. The van der Waals surface area contributed by atoms with Crippen molar-refractivity contribution in [2.45, 2.75) is 20.8 Å². The second kappa shape index (κ2) is 6.95. The molecule has 0 saturated heterocycles. The molecule has 5 heteroatoms. The van der Waals surface area contributed by atoms with Crippen LogP contribution in [0.2, 0.25) is 10.0 Å². The lowest BCUT2D eigenvalue weighted by molar-refractivity contribution is 0.0955. The van der Waals surface area contributed by atoms with E-state index in [0.717, 1.165) is 11.1 Å². The molecular formula is C17H16Cl2N2O. The van der Waals surface area contributed by atoms with Crippen molar-refractivity contribution in [3.63, 3.8) is 0 Å². The van der Waals surface area contributed by atoms with Gasteiger partial charge >= 0.3 is 0 Å². The van der Waals surface area contributed by atoms with Crippen LogP contribution >= 0.6 is 23.2 Å². The van der Waals surface area contributed by atoms with Gasteiger partial charge in [0.2, 0.25) is 0 Å². The number of halogens is 2. The van der Waals surface area contributed by atoms with Crippen LogP contribution < -0.4 is 5.43 Å². The highest BCUT2D eigenvalue weighted by molar-refractivity contribution is 6.36. The number of hydrogen-bond acceptors (Lipinski definition) is 2. The topological polar surface area (TPSA) is 41.5 Å². The van der Waals surface area contributed by atoms with Crippen molar-refractivity contribution >= 4 is 35.3 Å². The van der Waals surface area contributed by atoms with Crippen molar-refractivity contribution in [3.05, 3.63) is 68.2 Å². The molecule has 0 fully saturated rings. The summed E-state index contributed by atoms with van der Waals surface area (Å²) in [5.74, 6) is -0.376. The van der Waals surface area contributed by atoms with Crippen molar-refractivity contribution in [2.75, 3.05) is 0 Å². The standard InChI is InChI=1S/C17H16Cl2N2O/c1-10-4-5-13(12(3)11(10)2)9-20-21-17(22)15-7-6-14(18)8-16(15)19/h4-9H,1-3H3,(H,21,22)/b20-9-. The van der Waals surface area contributed by atoms with Crippen LogP contribution in [0.1, 0.15) is 32.6 Å². The highest BCUT2D eigenvalue weighted by atomic mass is 35.5. The van der Waals surface area contributed by atoms with Crippen molar-refractivity contribution < 1.29 is 4.79 Å². The monoisotopic (exact) mass is 334 g/mol. The molecule has 22 heavy (non-hydrogen) atoms. The molecule has 0 radical (unpaired) electrons. The number of carbonyl (C=O) groups is 1. The van der Waals surface area contributed by atoms with Crippen LogP contribution in [0.3, 0.4) is 0 Å². The molecule has 1 amide bonds. The van der Waals surface area contributed by atoms with Crippen molar-refractivity contribution in [2.24, 2.45) is 5.10 Å². The third kappa shape index (κ3) is 3.67. The Morgan fingerprint density at radius 2 is 1.82 bits per heavy atom. The first kappa shape index (κ1) is 16.5. The van der Waals surface area contributed by atoms with Gasteiger partial charge in [-0.1, -0.05) is 35.3 Å². The summed E-state index contributed by atoms with van der Waals surface area (Å²) in [6, 6.07) is 8.70. The third-order valence-electron chi connectivity index (χ3n) is 3.65. The van der Waals surface area contributed by atoms with E-state index in [1.807, 2.05) is 19.1 Å². The van der Waals surface area contributed by atoms with E-state index in [-0.39, 0.29) is 5.91 Å². The zero-order chi connectivity index (χ0) is 16.3. The first-order valence-electron chi connectivity index (χ1n) is 6.75. The first-order chi connectivity index (χ1) is 10.4. The van der Waals surface area contributed by atoms with Gasteiger partial charge in [-0.05, 0) is 61.2 Å². The number of rotatable bonds is 3. The van der Waals surface area contributed by atoms with E-state index < -0.39 is 0 Å². The number of amides is 1. The van der Waals surface area contributed by atoms with Gasteiger partial charge in [0, 0.05) is 5.02 Å². The summed E-state index contributed by atoms with van der Waals surface area (Å²) < 4.78 is 0.